The minimum Gasteiger partial charge on any atom is -0.449 e. The molecule has 8 nitrogen and oxygen atoms in total. The molecule has 13 heteroatoms. The molecule has 2 aromatic carbocycles. The van der Waals surface area contributed by atoms with Gasteiger partial charge in [-0.2, -0.15) is 23.5 Å². The van der Waals surface area contributed by atoms with E-state index in [9.17, 15) is 27.2 Å². The highest BCUT2D eigenvalue weighted by molar-refractivity contribution is 6.30. The zero-order chi connectivity index (χ0) is 26.0. The molecule has 36 heavy (non-hydrogen) atoms. The Hall–Kier alpha value is -4.37. The lowest BCUT2D eigenvalue weighted by molar-refractivity contribution is -0.142. The molecule has 0 bridgehead atoms. The third-order valence-electron chi connectivity index (χ3n) is 4.95. The average Bonchev–Trinajstić information content (AvgIpc) is 2.82. The van der Waals surface area contributed by atoms with Gasteiger partial charge in [0, 0.05) is 5.02 Å². The van der Waals surface area contributed by atoms with Crippen molar-refractivity contribution in [1.82, 2.24) is 9.55 Å². The summed E-state index contributed by atoms with van der Waals surface area (Å²) in [5.74, 6) is -3.50. The van der Waals surface area contributed by atoms with E-state index < -0.39 is 47.4 Å². The number of rotatable bonds is 5. The molecule has 0 radical (unpaired) electrons. The predicted octanol–water partition coefficient (Wildman–Crippen LogP) is 5.38. The van der Waals surface area contributed by atoms with Crippen LogP contribution in [0.15, 0.2) is 75.6 Å². The maximum Gasteiger partial charge on any atom is 0.437 e. The summed E-state index contributed by atoms with van der Waals surface area (Å²) in [5, 5.41) is 16.3. The largest absolute Gasteiger partial charge is 0.449 e. The Kier molecular flexibility index (Phi) is 6.67. The van der Waals surface area contributed by atoms with Crippen molar-refractivity contribution in [2.24, 2.45) is 10.2 Å². The number of nitriles is 1. The topological polar surface area (TPSA) is 110 Å². The van der Waals surface area contributed by atoms with Crippen LogP contribution in [0.25, 0.3) is 0 Å². The van der Waals surface area contributed by atoms with Crippen LogP contribution in [0.3, 0.4) is 0 Å². The predicted molar refractivity (Wildman–Crippen MR) is 117 cm³/mol. The van der Waals surface area contributed by atoms with Gasteiger partial charge < -0.3 is 4.74 Å². The van der Waals surface area contributed by atoms with Crippen LogP contribution in [0.5, 0.6) is 11.5 Å². The highest BCUT2D eigenvalue weighted by atomic mass is 35.5. The van der Waals surface area contributed by atoms with Gasteiger partial charge in [0.1, 0.15) is 11.6 Å². The quantitative estimate of drug-likeness (QED) is 0.422. The molecule has 182 valence electrons. The van der Waals surface area contributed by atoms with E-state index in [0.717, 1.165) is 28.8 Å². The van der Waals surface area contributed by atoms with Crippen LogP contribution in [0.2, 0.25) is 5.02 Å². The van der Waals surface area contributed by atoms with E-state index in [1.54, 1.807) is 6.07 Å². The molecule has 0 saturated heterocycles. The number of allylic oxidation sites excluding steroid dienone is 1. The van der Waals surface area contributed by atoms with Crippen molar-refractivity contribution in [3.63, 3.8) is 0 Å². The maximum atomic E-state index is 13.6. The van der Waals surface area contributed by atoms with Crippen LogP contribution in [0.4, 0.5) is 17.6 Å². The van der Waals surface area contributed by atoms with E-state index >= 15 is 0 Å². The second kappa shape index (κ2) is 9.71. The van der Waals surface area contributed by atoms with Gasteiger partial charge in [-0.05, 0) is 42.0 Å². The van der Waals surface area contributed by atoms with Crippen molar-refractivity contribution in [2.45, 2.75) is 18.6 Å². The van der Waals surface area contributed by atoms with Crippen molar-refractivity contribution in [2.75, 3.05) is 0 Å². The van der Waals surface area contributed by atoms with Crippen molar-refractivity contribution in [3.8, 4) is 17.6 Å². The summed E-state index contributed by atoms with van der Waals surface area (Å²) in [6.45, 7) is -0.395. The number of carbonyl (C=O) groups excluding carboxylic acids is 1. The monoisotopic (exact) mass is 517 g/mol. The van der Waals surface area contributed by atoms with Gasteiger partial charge in [0.15, 0.2) is 5.69 Å². The van der Waals surface area contributed by atoms with Crippen LogP contribution in [-0.4, -0.2) is 15.5 Å². The fourth-order valence-electron chi connectivity index (χ4n) is 3.32. The Bertz CT molecular complexity index is 1510. The first-order valence-corrected chi connectivity index (χ1v) is 10.4. The van der Waals surface area contributed by atoms with Gasteiger partial charge in [-0.1, -0.05) is 23.7 Å². The molecular weight excluding hydrogens is 506 g/mol. The van der Waals surface area contributed by atoms with Gasteiger partial charge in [-0.25, -0.2) is 9.37 Å². The lowest BCUT2D eigenvalue weighted by Gasteiger charge is -2.17. The molecule has 1 amide bonds. The zero-order valence-corrected chi connectivity index (χ0v) is 18.6. The number of nitrogens with zero attached hydrogens (tertiary/aromatic N) is 5. The lowest BCUT2D eigenvalue weighted by Crippen LogP contribution is -2.27. The first-order chi connectivity index (χ1) is 17.0. The Morgan fingerprint density at radius 1 is 1.11 bits per heavy atom. The summed E-state index contributed by atoms with van der Waals surface area (Å²) >= 11 is 5.88. The number of carbonyl (C=O) groups is 1. The number of amides is 1. The third-order valence-corrected chi connectivity index (χ3v) is 5.17. The minimum atomic E-state index is -5.03. The fourth-order valence-corrected chi connectivity index (χ4v) is 3.55. The summed E-state index contributed by atoms with van der Waals surface area (Å²) in [7, 11) is 0. The second-order valence-corrected chi connectivity index (χ2v) is 7.90. The standard InChI is InChI=1S/C23H12ClF4N5O3/c24-14-5-12(9-29)6-17(7-14)36-19-20(23(26,27)28)30-11-33(22(19)35)10-16-8-18(21(34)32-31-16)13-1-3-15(25)4-2-13/h1-8,11,18H,10H2. The van der Waals surface area contributed by atoms with E-state index in [-0.39, 0.29) is 22.0 Å². The summed E-state index contributed by atoms with van der Waals surface area (Å²) in [6.07, 6.45) is -3.01. The normalized spacial score (nSPS) is 15.4. The van der Waals surface area contributed by atoms with Crippen molar-refractivity contribution >= 4 is 17.5 Å². The summed E-state index contributed by atoms with van der Waals surface area (Å²) in [6, 6.07) is 10.4. The molecular formula is C23H12ClF4N5O3. The van der Waals surface area contributed by atoms with E-state index in [1.807, 2.05) is 0 Å². The number of alkyl halides is 3. The van der Waals surface area contributed by atoms with E-state index in [2.05, 4.69) is 15.2 Å². The molecule has 1 atom stereocenters. The van der Waals surface area contributed by atoms with Gasteiger partial charge in [-0.3, -0.25) is 14.2 Å². The molecule has 1 aliphatic heterocycles. The fraction of sp³-hybridized carbons (Fsp3) is 0.130. The van der Waals surface area contributed by atoms with Crippen LogP contribution in [0.1, 0.15) is 22.7 Å². The molecule has 0 saturated carbocycles. The van der Waals surface area contributed by atoms with Gasteiger partial charge >= 0.3 is 6.18 Å². The highest BCUT2D eigenvalue weighted by Crippen LogP contribution is 2.35. The Morgan fingerprint density at radius 3 is 2.50 bits per heavy atom. The Morgan fingerprint density at radius 2 is 1.83 bits per heavy atom. The molecule has 0 N–H and O–H groups in total. The Labute approximate surface area is 204 Å². The summed E-state index contributed by atoms with van der Waals surface area (Å²) in [5.41, 5.74) is -2.30. The number of benzene rings is 2. The van der Waals surface area contributed by atoms with Gasteiger partial charge in [0.2, 0.25) is 5.75 Å². The molecule has 3 aromatic rings. The Balaban J connectivity index is 1.72. The number of hydrogen-bond donors (Lipinski definition) is 0. The van der Waals surface area contributed by atoms with Gasteiger partial charge in [0.05, 0.1) is 36.1 Å². The average molecular weight is 518 g/mol. The van der Waals surface area contributed by atoms with Crippen LogP contribution < -0.4 is 10.3 Å². The summed E-state index contributed by atoms with van der Waals surface area (Å²) < 4.78 is 60.0. The van der Waals surface area contributed by atoms with E-state index in [4.69, 9.17) is 21.6 Å². The van der Waals surface area contributed by atoms with Crippen LogP contribution in [0, 0.1) is 17.1 Å². The third kappa shape index (κ3) is 5.31. The number of azo groups is 1. The lowest BCUT2D eigenvalue weighted by atomic mass is 9.96. The van der Waals surface area contributed by atoms with Gasteiger partial charge in [0.25, 0.3) is 11.5 Å². The van der Waals surface area contributed by atoms with Crippen molar-refractivity contribution in [1.29, 1.82) is 5.26 Å². The smallest absolute Gasteiger partial charge is 0.437 e. The van der Waals surface area contributed by atoms with Crippen LogP contribution in [-0.2, 0) is 17.5 Å². The van der Waals surface area contributed by atoms with Crippen LogP contribution >= 0.6 is 11.6 Å². The molecule has 4 rings (SSSR count). The number of hydrogen-bond acceptors (Lipinski definition) is 6. The summed E-state index contributed by atoms with van der Waals surface area (Å²) in [4.78, 5) is 28.5. The zero-order valence-electron chi connectivity index (χ0n) is 17.8. The van der Waals surface area contributed by atoms with Crippen molar-refractivity contribution in [3.05, 3.63) is 98.6 Å². The molecule has 1 unspecified atom stereocenters. The van der Waals surface area contributed by atoms with Crippen molar-refractivity contribution < 1.29 is 27.1 Å². The number of halogens is 5. The molecule has 0 aliphatic carbocycles. The van der Waals surface area contributed by atoms with Gasteiger partial charge in [-0.15, -0.1) is 5.11 Å². The van der Waals surface area contributed by atoms with E-state index in [1.165, 1.54) is 24.3 Å². The first-order valence-electron chi connectivity index (χ1n) is 10.0. The molecule has 1 aliphatic rings. The minimum absolute atomic E-state index is 0.000417. The molecule has 1 aromatic heterocycles. The number of aromatic nitrogens is 2. The SMILES string of the molecule is N#Cc1cc(Cl)cc(Oc2c(C(F)(F)F)ncn(CC3=CC(c4ccc(F)cc4)C(=O)N=N3)c2=O)c1. The number of ether oxygens (including phenoxy) is 1. The second-order valence-electron chi connectivity index (χ2n) is 7.47. The van der Waals surface area contributed by atoms with E-state index in [0.29, 0.717) is 11.9 Å². The highest BCUT2D eigenvalue weighted by Gasteiger charge is 2.39. The first kappa shape index (κ1) is 24.7. The molecule has 0 spiro atoms. The molecule has 2 heterocycles. The molecule has 0 fully saturated rings. The maximum absolute atomic E-state index is 13.6.